The number of carbonyl (C=O) groups excluding carboxylic acids is 4. The minimum Gasteiger partial charge on any atom is -0.451 e. The Bertz CT molecular complexity index is 1060. The second-order valence-electron chi connectivity index (χ2n) is 6.31. The molecule has 2 aromatic rings. The van der Waals surface area contributed by atoms with Gasteiger partial charge in [0.2, 0.25) is 5.78 Å². The highest BCUT2D eigenvalue weighted by Gasteiger charge is 2.35. The molecule has 0 aliphatic carbocycles. The van der Waals surface area contributed by atoms with Crippen LogP contribution in [0.4, 0.5) is 8.78 Å². The molecule has 0 aromatic heterocycles. The molecule has 1 aliphatic heterocycles. The van der Waals surface area contributed by atoms with Gasteiger partial charge in [-0.2, -0.15) is 0 Å². The molecular formula is C21H15F2NO5. The highest BCUT2D eigenvalue weighted by Crippen LogP contribution is 2.24. The van der Waals surface area contributed by atoms with E-state index in [1.165, 1.54) is 31.2 Å². The summed E-state index contributed by atoms with van der Waals surface area (Å²) in [6.07, 6.45) is 0.123. The monoisotopic (exact) mass is 399 g/mol. The third kappa shape index (κ3) is 3.69. The van der Waals surface area contributed by atoms with Gasteiger partial charge in [0, 0.05) is 12.1 Å². The number of halogens is 2. The number of hydrogen-bond acceptors (Lipinski definition) is 5. The minimum atomic E-state index is -1.28. The maximum Gasteiger partial charge on any atom is 0.338 e. The van der Waals surface area contributed by atoms with Gasteiger partial charge in [-0.1, -0.05) is 6.08 Å². The van der Waals surface area contributed by atoms with E-state index in [0.717, 1.165) is 23.1 Å². The van der Waals surface area contributed by atoms with Crippen molar-refractivity contribution in [3.8, 4) is 0 Å². The summed E-state index contributed by atoms with van der Waals surface area (Å²) in [5.41, 5.74) is 0.0134. The van der Waals surface area contributed by atoms with Crippen LogP contribution in [-0.2, 0) is 4.74 Å². The largest absolute Gasteiger partial charge is 0.451 e. The molecule has 148 valence electrons. The van der Waals surface area contributed by atoms with Crippen LogP contribution in [-0.4, -0.2) is 41.1 Å². The Kier molecular flexibility index (Phi) is 5.36. The molecule has 1 unspecified atom stereocenters. The summed E-state index contributed by atoms with van der Waals surface area (Å²) < 4.78 is 31.4. The molecule has 8 heteroatoms. The van der Waals surface area contributed by atoms with Crippen molar-refractivity contribution in [2.45, 2.75) is 13.0 Å². The second kappa shape index (κ2) is 7.75. The quantitative estimate of drug-likeness (QED) is 0.323. The van der Waals surface area contributed by atoms with E-state index in [1.54, 1.807) is 0 Å². The molecular weight excluding hydrogens is 384 g/mol. The SMILES string of the molecule is C=CCN1C(=O)c2ccc(C(=O)OC(C)C(=O)c3ccc(F)c(F)c3)cc2C1=O. The van der Waals surface area contributed by atoms with Gasteiger partial charge in [0.05, 0.1) is 16.7 Å². The third-order valence-corrected chi connectivity index (χ3v) is 4.38. The fourth-order valence-electron chi connectivity index (χ4n) is 2.88. The zero-order chi connectivity index (χ0) is 21.3. The summed E-state index contributed by atoms with van der Waals surface area (Å²) in [5, 5.41) is 0. The topological polar surface area (TPSA) is 80.8 Å². The van der Waals surface area contributed by atoms with Crippen molar-refractivity contribution in [3.05, 3.63) is 82.9 Å². The zero-order valence-corrected chi connectivity index (χ0v) is 15.3. The lowest BCUT2D eigenvalue weighted by molar-refractivity contribution is 0.0318. The predicted octanol–water partition coefficient (Wildman–Crippen LogP) is 3.18. The van der Waals surface area contributed by atoms with Crippen molar-refractivity contribution in [3.63, 3.8) is 0 Å². The predicted molar refractivity (Wildman–Crippen MR) is 97.6 cm³/mol. The average Bonchev–Trinajstić information content (AvgIpc) is 2.94. The van der Waals surface area contributed by atoms with Crippen LogP contribution in [0.5, 0.6) is 0 Å². The number of Topliss-reactive ketones (excluding diaryl/α,β-unsaturated/α-hetero) is 1. The zero-order valence-electron chi connectivity index (χ0n) is 15.3. The van der Waals surface area contributed by atoms with Crippen LogP contribution in [0.15, 0.2) is 49.1 Å². The number of hydrogen-bond donors (Lipinski definition) is 0. The molecule has 1 atom stereocenters. The molecule has 3 rings (SSSR count). The lowest BCUT2D eigenvalue weighted by atomic mass is 10.1. The number of nitrogens with zero attached hydrogens (tertiary/aromatic N) is 1. The maximum atomic E-state index is 13.3. The third-order valence-electron chi connectivity index (χ3n) is 4.38. The first-order valence-corrected chi connectivity index (χ1v) is 8.56. The first kappa shape index (κ1) is 20.1. The second-order valence-corrected chi connectivity index (χ2v) is 6.31. The van der Waals surface area contributed by atoms with Gasteiger partial charge in [-0.25, -0.2) is 13.6 Å². The highest BCUT2D eigenvalue weighted by atomic mass is 19.2. The van der Waals surface area contributed by atoms with E-state index in [1.807, 2.05) is 0 Å². The van der Waals surface area contributed by atoms with Crippen molar-refractivity contribution in [1.29, 1.82) is 0 Å². The van der Waals surface area contributed by atoms with Gasteiger partial charge in [0.1, 0.15) is 0 Å². The number of carbonyl (C=O) groups is 4. The van der Waals surface area contributed by atoms with Crippen LogP contribution in [0, 0.1) is 11.6 Å². The van der Waals surface area contributed by atoms with Crippen LogP contribution in [0.25, 0.3) is 0 Å². The molecule has 0 saturated carbocycles. The average molecular weight is 399 g/mol. The van der Waals surface area contributed by atoms with Gasteiger partial charge < -0.3 is 4.74 Å². The van der Waals surface area contributed by atoms with E-state index in [0.29, 0.717) is 0 Å². The van der Waals surface area contributed by atoms with Crippen molar-refractivity contribution >= 4 is 23.6 Å². The summed E-state index contributed by atoms with van der Waals surface area (Å²) in [6.45, 7) is 4.81. The Hall–Kier alpha value is -3.68. The Morgan fingerprint density at radius 1 is 1.03 bits per heavy atom. The van der Waals surface area contributed by atoms with E-state index < -0.39 is 41.3 Å². The molecule has 1 aliphatic rings. The van der Waals surface area contributed by atoms with Crippen LogP contribution in [0.3, 0.4) is 0 Å². The lowest BCUT2D eigenvalue weighted by Gasteiger charge is -2.13. The number of ether oxygens (including phenoxy) is 1. The summed E-state index contributed by atoms with van der Waals surface area (Å²) in [7, 11) is 0. The first-order valence-electron chi connectivity index (χ1n) is 8.56. The number of fused-ring (bicyclic) bond motifs is 1. The number of benzene rings is 2. The molecule has 1 heterocycles. The van der Waals surface area contributed by atoms with E-state index in [2.05, 4.69) is 6.58 Å². The summed E-state index contributed by atoms with van der Waals surface area (Å²) in [5.74, 6) is -4.98. The Morgan fingerprint density at radius 2 is 1.69 bits per heavy atom. The Morgan fingerprint density at radius 3 is 2.34 bits per heavy atom. The molecule has 29 heavy (non-hydrogen) atoms. The molecule has 0 bridgehead atoms. The van der Waals surface area contributed by atoms with Crippen LogP contribution >= 0.6 is 0 Å². The molecule has 0 saturated heterocycles. The van der Waals surface area contributed by atoms with Crippen molar-refractivity contribution < 1.29 is 32.7 Å². The van der Waals surface area contributed by atoms with Gasteiger partial charge in [0.15, 0.2) is 17.7 Å². The fourth-order valence-corrected chi connectivity index (χ4v) is 2.88. The van der Waals surface area contributed by atoms with Crippen molar-refractivity contribution in [2.24, 2.45) is 0 Å². The van der Waals surface area contributed by atoms with Crippen molar-refractivity contribution in [1.82, 2.24) is 4.90 Å². The smallest absolute Gasteiger partial charge is 0.338 e. The number of ketones is 1. The number of amides is 2. The normalized spacial score (nSPS) is 13.8. The number of rotatable bonds is 6. The van der Waals surface area contributed by atoms with Gasteiger partial charge in [-0.3, -0.25) is 19.3 Å². The van der Waals surface area contributed by atoms with Crippen LogP contribution in [0.1, 0.15) is 48.4 Å². The molecule has 0 N–H and O–H groups in total. The minimum absolute atomic E-state index is 0.0321. The van der Waals surface area contributed by atoms with Crippen molar-refractivity contribution in [2.75, 3.05) is 6.54 Å². The summed E-state index contributed by atoms with van der Waals surface area (Å²) in [4.78, 5) is 50.2. The Balaban J connectivity index is 1.77. The molecule has 6 nitrogen and oxygen atoms in total. The summed E-state index contributed by atoms with van der Waals surface area (Å²) >= 11 is 0. The van der Waals surface area contributed by atoms with E-state index in [-0.39, 0.29) is 28.8 Å². The summed E-state index contributed by atoms with van der Waals surface area (Å²) in [6, 6.07) is 6.45. The molecule has 0 spiro atoms. The molecule has 0 radical (unpaired) electrons. The molecule has 0 fully saturated rings. The fraction of sp³-hybridized carbons (Fsp3) is 0.143. The molecule has 2 amide bonds. The van der Waals surface area contributed by atoms with Gasteiger partial charge in [-0.15, -0.1) is 6.58 Å². The lowest BCUT2D eigenvalue weighted by Crippen LogP contribution is -2.29. The van der Waals surface area contributed by atoms with Gasteiger partial charge in [0.25, 0.3) is 11.8 Å². The standard InChI is InChI=1S/C21H15F2NO5/c1-3-8-24-19(26)14-6-4-13(9-15(14)20(24)27)21(28)29-11(2)18(25)12-5-7-16(22)17(23)10-12/h3-7,9-11H,1,8H2,2H3. The maximum absolute atomic E-state index is 13.3. The number of imide groups is 1. The van der Waals surface area contributed by atoms with Gasteiger partial charge in [-0.05, 0) is 43.3 Å². The van der Waals surface area contributed by atoms with E-state index in [4.69, 9.17) is 4.74 Å². The highest BCUT2D eigenvalue weighted by molar-refractivity contribution is 6.22. The number of esters is 1. The first-order chi connectivity index (χ1) is 13.7. The van der Waals surface area contributed by atoms with Crippen LogP contribution in [0.2, 0.25) is 0 Å². The Labute approximate surface area is 164 Å². The molecule has 2 aromatic carbocycles. The van der Waals surface area contributed by atoms with Gasteiger partial charge >= 0.3 is 5.97 Å². The van der Waals surface area contributed by atoms with E-state index in [9.17, 15) is 28.0 Å². The van der Waals surface area contributed by atoms with Crippen LogP contribution < -0.4 is 0 Å². The van der Waals surface area contributed by atoms with E-state index >= 15 is 0 Å².